The Labute approximate surface area is 95.5 Å². The molecule has 1 aliphatic carbocycles. The zero-order valence-electron chi connectivity index (χ0n) is 9.89. The molecular weight excluding hydrogens is 206 g/mol. The summed E-state index contributed by atoms with van der Waals surface area (Å²) >= 11 is 0. The fourth-order valence-corrected chi connectivity index (χ4v) is 1.54. The maximum atomic E-state index is 9.17. The lowest BCUT2D eigenvalue weighted by molar-refractivity contribution is 0.159. The van der Waals surface area contributed by atoms with E-state index in [-0.39, 0.29) is 6.10 Å². The summed E-state index contributed by atoms with van der Waals surface area (Å²) in [4.78, 5) is 2.08. The minimum atomic E-state index is -0.257. The molecule has 1 aromatic heterocycles. The highest BCUT2D eigenvalue weighted by Crippen LogP contribution is 2.39. The molecule has 0 amide bonds. The third-order valence-corrected chi connectivity index (χ3v) is 2.74. The van der Waals surface area contributed by atoms with E-state index in [1.165, 1.54) is 12.8 Å². The number of nitrogens with zero attached hydrogens (tertiary/aromatic N) is 3. The van der Waals surface area contributed by atoms with Gasteiger partial charge in [-0.25, -0.2) is 0 Å². The van der Waals surface area contributed by atoms with Crippen LogP contribution < -0.4 is 0 Å². The first-order valence-electron chi connectivity index (χ1n) is 5.84. The average Bonchev–Trinajstić information content (AvgIpc) is 2.98. The van der Waals surface area contributed by atoms with Crippen LogP contribution in [0, 0.1) is 0 Å². The Hall–Kier alpha value is -0.940. The van der Waals surface area contributed by atoms with E-state index in [4.69, 9.17) is 4.42 Å². The fourth-order valence-electron chi connectivity index (χ4n) is 1.54. The summed E-state index contributed by atoms with van der Waals surface area (Å²) in [6.07, 6.45) is 2.87. The van der Waals surface area contributed by atoms with Gasteiger partial charge in [-0.05, 0) is 33.2 Å². The molecule has 0 aromatic carbocycles. The molecule has 1 N–H and O–H groups in total. The van der Waals surface area contributed by atoms with Crippen LogP contribution in [0.2, 0.25) is 0 Å². The molecule has 1 atom stereocenters. The Morgan fingerprint density at radius 3 is 2.88 bits per heavy atom. The van der Waals surface area contributed by atoms with Gasteiger partial charge in [0, 0.05) is 12.5 Å². The molecular formula is C11H19N3O2. The van der Waals surface area contributed by atoms with Crippen LogP contribution in [0.25, 0.3) is 0 Å². The van der Waals surface area contributed by atoms with Crippen LogP contribution in [0.15, 0.2) is 4.42 Å². The second kappa shape index (κ2) is 4.93. The molecule has 16 heavy (non-hydrogen) atoms. The van der Waals surface area contributed by atoms with Crippen LogP contribution in [-0.2, 0) is 6.54 Å². The molecule has 2 rings (SSSR count). The summed E-state index contributed by atoms with van der Waals surface area (Å²) in [5, 5.41) is 17.2. The molecule has 1 unspecified atom stereocenters. The molecule has 1 aromatic rings. The van der Waals surface area contributed by atoms with Gasteiger partial charge in [0.15, 0.2) is 0 Å². The monoisotopic (exact) mass is 225 g/mol. The maximum Gasteiger partial charge on any atom is 0.230 e. The Morgan fingerprint density at radius 2 is 2.25 bits per heavy atom. The molecule has 0 bridgehead atoms. The van der Waals surface area contributed by atoms with Crippen molar-refractivity contribution in [3.05, 3.63) is 11.8 Å². The van der Waals surface area contributed by atoms with Crippen molar-refractivity contribution in [3.8, 4) is 0 Å². The Bertz CT molecular complexity index is 334. The van der Waals surface area contributed by atoms with Gasteiger partial charge in [-0.1, -0.05) is 0 Å². The van der Waals surface area contributed by atoms with Crippen molar-refractivity contribution in [1.82, 2.24) is 15.1 Å². The zero-order chi connectivity index (χ0) is 11.5. The molecule has 0 radical (unpaired) electrons. The minimum Gasteiger partial charge on any atom is -0.424 e. The molecule has 5 nitrogen and oxygen atoms in total. The lowest BCUT2D eigenvalue weighted by Crippen LogP contribution is -2.22. The van der Waals surface area contributed by atoms with Crippen molar-refractivity contribution in [2.24, 2.45) is 0 Å². The predicted molar refractivity (Wildman–Crippen MR) is 58.9 cm³/mol. The van der Waals surface area contributed by atoms with Gasteiger partial charge in [0.05, 0.1) is 12.6 Å². The number of hydrogen-bond donors (Lipinski definition) is 1. The van der Waals surface area contributed by atoms with Crippen LogP contribution >= 0.6 is 0 Å². The van der Waals surface area contributed by atoms with E-state index in [0.717, 1.165) is 18.9 Å². The molecule has 90 valence electrons. The van der Waals surface area contributed by atoms with Crippen LogP contribution in [-0.4, -0.2) is 39.9 Å². The molecule has 0 spiro atoms. The average molecular weight is 225 g/mol. The largest absolute Gasteiger partial charge is 0.424 e. The summed E-state index contributed by atoms with van der Waals surface area (Å²) in [5.74, 6) is 1.98. The summed E-state index contributed by atoms with van der Waals surface area (Å²) in [6.45, 7) is 3.29. The van der Waals surface area contributed by atoms with Gasteiger partial charge < -0.3 is 9.52 Å². The van der Waals surface area contributed by atoms with Crippen LogP contribution in [0.4, 0.5) is 0 Å². The number of aliphatic hydroxyl groups is 1. The normalized spacial score (nSPS) is 18.0. The van der Waals surface area contributed by atoms with Gasteiger partial charge in [-0.3, -0.25) is 4.90 Å². The van der Waals surface area contributed by atoms with Crippen LogP contribution in [0.3, 0.4) is 0 Å². The van der Waals surface area contributed by atoms with Crippen LogP contribution in [0.1, 0.15) is 43.9 Å². The van der Waals surface area contributed by atoms with E-state index < -0.39 is 0 Å². The molecule has 0 saturated heterocycles. The summed E-state index contributed by atoms with van der Waals surface area (Å²) in [7, 11) is 1.99. The Morgan fingerprint density at radius 1 is 1.50 bits per heavy atom. The first-order valence-corrected chi connectivity index (χ1v) is 5.84. The van der Waals surface area contributed by atoms with Gasteiger partial charge in [0.1, 0.15) is 0 Å². The SMILES string of the molecule is CC(O)CCN(C)Cc1nnc(C2CC2)o1. The highest BCUT2D eigenvalue weighted by molar-refractivity contribution is 5.00. The van der Waals surface area contributed by atoms with Crippen molar-refractivity contribution in [2.45, 2.75) is 44.8 Å². The van der Waals surface area contributed by atoms with E-state index in [1.807, 2.05) is 7.05 Å². The lowest BCUT2D eigenvalue weighted by atomic mass is 10.3. The number of rotatable bonds is 6. The first kappa shape index (κ1) is 11.5. The molecule has 1 fully saturated rings. The van der Waals surface area contributed by atoms with Gasteiger partial charge >= 0.3 is 0 Å². The van der Waals surface area contributed by atoms with Crippen molar-refractivity contribution in [2.75, 3.05) is 13.6 Å². The summed E-state index contributed by atoms with van der Waals surface area (Å²) in [6, 6.07) is 0. The first-order chi connectivity index (χ1) is 7.65. The van der Waals surface area contributed by atoms with E-state index >= 15 is 0 Å². The second-order valence-corrected chi connectivity index (χ2v) is 4.68. The second-order valence-electron chi connectivity index (χ2n) is 4.68. The van der Waals surface area contributed by atoms with Crippen molar-refractivity contribution in [1.29, 1.82) is 0 Å². The maximum absolute atomic E-state index is 9.17. The van der Waals surface area contributed by atoms with Gasteiger partial charge in [0.25, 0.3) is 0 Å². The summed E-state index contributed by atoms with van der Waals surface area (Å²) in [5.41, 5.74) is 0. The van der Waals surface area contributed by atoms with Gasteiger partial charge in [-0.2, -0.15) is 0 Å². The van der Waals surface area contributed by atoms with Crippen molar-refractivity contribution in [3.63, 3.8) is 0 Å². The van der Waals surface area contributed by atoms with Gasteiger partial charge in [-0.15, -0.1) is 10.2 Å². The number of aliphatic hydroxyl groups excluding tert-OH is 1. The smallest absolute Gasteiger partial charge is 0.230 e. The minimum absolute atomic E-state index is 0.257. The zero-order valence-corrected chi connectivity index (χ0v) is 9.89. The Kier molecular flexibility index (Phi) is 3.56. The Balaban J connectivity index is 1.78. The number of hydrogen-bond acceptors (Lipinski definition) is 5. The number of aromatic nitrogens is 2. The van der Waals surface area contributed by atoms with E-state index in [9.17, 15) is 5.11 Å². The molecule has 1 saturated carbocycles. The highest BCUT2D eigenvalue weighted by Gasteiger charge is 2.29. The van der Waals surface area contributed by atoms with E-state index in [0.29, 0.717) is 18.4 Å². The molecule has 1 aliphatic rings. The predicted octanol–water partition coefficient (Wildman–Crippen LogP) is 1.15. The highest BCUT2D eigenvalue weighted by atomic mass is 16.4. The third kappa shape index (κ3) is 3.28. The van der Waals surface area contributed by atoms with Crippen molar-refractivity contribution >= 4 is 0 Å². The fraction of sp³-hybridized carbons (Fsp3) is 0.818. The van der Waals surface area contributed by atoms with Crippen molar-refractivity contribution < 1.29 is 9.52 Å². The standard InChI is InChI=1S/C11H19N3O2/c1-8(15)5-6-14(2)7-10-12-13-11(16-10)9-3-4-9/h8-9,15H,3-7H2,1-2H3. The molecule has 0 aliphatic heterocycles. The molecule has 1 heterocycles. The third-order valence-electron chi connectivity index (χ3n) is 2.74. The van der Waals surface area contributed by atoms with E-state index in [1.54, 1.807) is 6.92 Å². The lowest BCUT2D eigenvalue weighted by Gasteiger charge is -2.14. The van der Waals surface area contributed by atoms with E-state index in [2.05, 4.69) is 15.1 Å². The topological polar surface area (TPSA) is 62.4 Å². The quantitative estimate of drug-likeness (QED) is 0.787. The summed E-state index contributed by atoms with van der Waals surface area (Å²) < 4.78 is 5.56. The van der Waals surface area contributed by atoms with Gasteiger partial charge in [0.2, 0.25) is 11.8 Å². The molecule has 5 heteroatoms. The van der Waals surface area contributed by atoms with Crippen LogP contribution in [0.5, 0.6) is 0 Å².